The minimum atomic E-state index is -0.300. The van der Waals surface area contributed by atoms with E-state index in [1.165, 1.54) is 12.1 Å². The van der Waals surface area contributed by atoms with Gasteiger partial charge in [-0.3, -0.25) is 14.5 Å². The van der Waals surface area contributed by atoms with Crippen LogP contribution in [-0.4, -0.2) is 41.9 Å². The molecule has 2 N–H and O–H groups in total. The Morgan fingerprint density at radius 1 is 1.30 bits per heavy atom. The van der Waals surface area contributed by atoms with Gasteiger partial charge in [-0.05, 0) is 49.9 Å². The molecule has 6 heteroatoms. The first-order valence-electron chi connectivity index (χ1n) is 9.65. The molecule has 1 aromatic carbocycles. The lowest BCUT2D eigenvalue weighted by atomic mass is 10.1. The summed E-state index contributed by atoms with van der Waals surface area (Å²) in [6, 6.07) is 4.35. The number of nitrogens with one attached hydrogen (secondary N) is 2. The molecular weight excluding hydrogens is 345 g/mol. The van der Waals surface area contributed by atoms with Crippen LogP contribution in [0.5, 0.6) is 0 Å². The van der Waals surface area contributed by atoms with Crippen LogP contribution >= 0.6 is 0 Å². The zero-order chi connectivity index (χ0) is 19.8. The quantitative estimate of drug-likeness (QED) is 0.687. The molecule has 1 heterocycles. The number of rotatable bonds is 8. The third kappa shape index (κ3) is 6.17. The van der Waals surface area contributed by atoms with Gasteiger partial charge in [0.15, 0.2) is 0 Å². The van der Waals surface area contributed by atoms with Crippen molar-refractivity contribution in [2.45, 2.75) is 58.7 Å². The van der Waals surface area contributed by atoms with E-state index >= 15 is 0 Å². The topological polar surface area (TPSA) is 61.4 Å². The van der Waals surface area contributed by atoms with Gasteiger partial charge in [0.05, 0.1) is 6.04 Å². The van der Waals surface area contributed by atoms with E-state index in [-0.39, 0.29) is 29.7 Å². The minimum absolute atomic E-state index is 0.0279. The molecular formula is C21H30FN3O2. The summed E-state index contributed by atoms with van der Waals surface area (Å²) in [5, 5.41) is 5.91. The summed E-state index contributed by atoms with van der Waals surface area (Å²) >= 11 is 0. The molecule has 0 saturated carbocycles. The number of likely N-dealkylation sites (N-methyl/N-ethyl adjacent to an activating group) is 1. The van der Waals surface area contributed by atoms with Gasteiger partial charge in [-0.1, -0.05) is 25.1 Å². The SMILES string of the molecule is CC/C=C/CC(=O)N[C@@H]1C[C@@H](C(=O)NCC)N(Cc2ccc(F)cc2C)C1. The first-order chi connectivity index (χ1) is 12.9. The molecule has 27 heavy (non-hydrogen) atoms. The number of nitrogens with zero attached hydrogens (tertiary/aromatic N) is 1. The summed E-state index contributed by atoms with van der Waals surface area (Å²) in [6.07, 6.45) is 5.67. The van der Waals surface area contributed by atoms with Gasteiger partial charge in [0.2, 0.25) is 11.8 Å². The van der Waals surface area contributed by atoms with Crippen molar-refractivity contribution in [3.8, 4) is 0 Å². The molecule has 5 nitrogen and oxygen atoms in total. The van der Waals surface area contributed by atoms with Crippen molar-refractivity contribution < 1.29 is 14.0 Å². The lowest BCUT2D eigenvalue weighted by Gasteiger charge is -2.24. The summed E-state index contributed by atoms with van der Waals surface area (Å²) in [5.41, 5.74) is 1.85. The molecule has 0 unspecified atom stereocenters. The lowest BCUT2D eigenvalue weighted by Crippen LogP contribution is -2.42. The zero-order valence-electron chi connectivity index (χ0n) is 16.4. The maximum absolute atomic E-state index is 13.4. The van der Waals surface area contributed by atoms with Gasteiger partial charge >= 0.3 is 0 Å². The molecule has 2 rings (SSSR count). The molecule has 148 valence electrons. The minimum Gasteiger partial charge on any atom is -0.355 e. The number of amides is 2. The van der Waals surface area contributed by atoms with E-state index in [9.17, 15) is 14.0 Å². The smallest absolute Gasteiger partial charge is 0.237 e. The van der Waals surface area contributed by atoms with Gasteiger partial charge < -0.3 is 10.6 Å². The number of hydrogen-bond donors (Lipinski definition) is 2. The molecule has 1 aliphatic rings. The Kier molecular flexibility index (Phi) is 7.98. The Morgan fingerprint density at radius 2 is 2.07 bits per heavy atom. The molecule has 0 aliphatic carbocycles. The fourth-order valence-electron chi connectivity index (χ4n) is 3.45. The van der Waals surface area contributed by atoms with Crippen molar-refractivity contribution in [3.05, 3.63) is 47.3 Å². The number of hydrogen-bond acceptors (Lipinski definition) is 3. The van der Waals surface area contributed by atoms with Crippen LogP contribution in [0, 0.1) is 12.7 Å². The second-order valence-electron chi connectivity index (χ2n) is 6.99. The van der Waals surface area contributed by atoms with E-state index in [0.717, 1.165) is 17.5 Å². The number of aryl methyl sites for hydroxylation is 1. The Morgan fingerprint density at radius 3 is 2.74 bits per heavy atom. The molecule has 0 spiro atoms. The second-order valence-corrected chi connectivity index (χ2v) is 6.99. The molecule has 0 radical (unpaired) electrons. The number of carbonyl (C=O) groups is 2. The standard InChI is InChI=1S/C21H30FN3O2/c1-4-6-7-8-20(26)24-18-12-19(21(27)23-5-2)25(14-18)13-16-9-10-17(22)11-15(16)3/h6-7,9-11,18-19H,4-5,8,12-14H2,1-3H3,(H,23,27)(H,24,26)/b7-6+/t18-,19+/m1/s1. The Bertz CT molecular complexity index is 690. The molecule has 0 aromatic heterocycles. The monoisotopic (exact) mass is 375 g/mol. The van der Waals surface area contributed by atoms with Crippen molar-refractivity contribution in [1.82, 2.24) is 15.5 Å². The lowest BCUT2D eigenvalue weighted by molar-refractivity contribution is -0.125. The highest BCUT2D eigenvalue weighted by Crippen LogP contribution is 2.23. The number of carbonyl (C=O) groups excluding carboxylic acids is 2. The second kappa shape index (κ2) is 10.2. The van der Waals surface area contributed by atoms with Crippen LogP contribution in [-0.2, 0) is 16.1 Å². The maximum Gasteiger partial charge on any atom is 0.237 e. The zero-order valence-corrected chi connectivity index (χ0v) is 16.4. The van der Waals surface area contributed by atoms with Crippen LogP contribution < -0.4 is 10.6 Å². The third-order valence-electron chi connectivity index (χ3n) is 4.81. The van der Waals surface area contributed by atoms with E-state index in [1.807, 2.05) is 32.9 Å². The number of likely N-dealkylation sites (tertiary alicyclic amines) is 1. The van der Waals surface area contributed by atoms with Crippen LogP contribution in [0.15, 0.2) is 30.4 Å². The van der Waals surface area contributed by atoms with E-state index < -0.39 is 0 Å². The average Bonchev–Trinajstić information content (AvgIpc) is 3.00. The van der Waals surface area contributed by atoms with Gasteiger partial charge in [-0.2, -0.15) is 0 Å². The largest absolute Gasteiger partial charge is 0.355 e. The highest BCUT2D eigenvalue weighted by molar-refractivity contribution is 5.82. The molecule has 2 amide bonds. The van der Waals surface area contributed by atoms with E-state index in [2.05, 4.69) is 15.5 Å². The predicted octanol–water partition coefficient (Wildman–Crippen LogP) is 2.69. The Labute approximate surface area is 161 Å². The van der Waals surface area contributed by atoms with Crippen LogP contribution in [0.4, 0.5) is 4.39 Å². The van der Waals surface area contributed by atoms with Gasteiger partial charge in [-0.15, -0.1) is 0 Å². The molecule has 1 aliphatic heterocycles. The van der Waals surface area contributed by atoms with E-state index in [4.69, 9.17) is 0 Å². The maximum atomic E-state index is 13.4. The summed E-state index contributed by atoms with van der Waals surface area (Å²) in [7, 11) is 0. The normalized spacial score (nSPS) is 20.1. The summed E-state index contributed by atoms with van der Waals surface area (Å²) in [4.78, 5) is 26.7. The highest BCUT2D eigenvalue weighted by atomic mass is 19.1. The summed E-state index contributed by atoms with van der Waals surface area (Å²) < 4.78 is 13.4. The average molecular weight is 375 g/mol. The van der Waals surface area contributed by atoms with Crippen LogP contribution in [0.1, 0.15) is 44.2 Å². The van der Waals surface area contributed by atoms with Gasteiger partial charge in [0.25, 0.3) is 0 Å². The first-order valence-corrected chi connectivity index (χ1v) is 9.65. The van der Waals surface area contributed by atoms with E-state index in [1.54, 1.807) is 6.07 Å². The molecule has 0 bridgehead atoms. The summed E-state index contributed by atoms with van der Waals surface area (Å²) in [5.74, 6) is -0.317. The molecule has 1 fully saturated rings. The van der Waals surface area contributed by atoms with Crippen molar-refractivity contribution in [2.75, 3.05) is 13.1 Å². The summed E-state index contributed by atoms with van der Waals surface area (Å²) in [6.45, 7) is 7.50. The van der Waals surface area contributed by atoms with Crippen molar-refractivity contribution >= 4 is 11.8 Å². The van der Waals surface area contributed by atoms with Crippen molar-refractivity contribution in [3.63, 3.8) is 0 Å². The fourth-order valence-corrected chi connectivity index (χ4v) is 3.45. The Hall–Kier alpha value is -2.21. The van der Waals surface area contributed by atoms with Crippen LogP contribution in [0.25, 0.3) is 0 Å². The van der Waals surface area contributed by atoms with Gasteiger partial charge in [0.1, 0.15) is 5.82 Å². The third-order valence-corrected chi connectivity index (χ3v) is 4.81. The number of halogens is 1. The predicted molar refractivity (Wildman–Crippen MR) is 105 cm³/mol. The molecule has 2 atom stereocenters. The molecule has 1 aromatic rings. The van der Waals surface area contributed by atoms with Gasteiger partial charge in [-0.25, -0.2) is 4.39 Å². The van der Waals surface area contributed by atoms with E-state index in [0.29, 0.717) is 32.5 Å². The first kappa shape index (κ1) is 21.1. The molecule has 1 saturated heterocycles. The van der Waals surface area contributed by atoms with Crippen molar-refractivity contribution in [1.29, 1.82) is 0 Å². The van der Waals surface area contributed by atoms with Crippen LogP contribution in [0.3, 0.4) is 0 Å². The number of allylic oxidation sites excluding steroid dienone is 1. The Balaban J connectivity index is 2.06. The van der Waals surface area contributed by atoms with Crippen molar-refractivity contribution in [2.24, 2.45) is 0 Å². The number of benzene rings is 1. The highest BCUT2D eigenvalue weighted by Gasteiger charge is 2.37. The van der Waals surface area contributed by atoms with Crippen LogP contribution in [0.2, 0.25) is 0 Å². The fraction of sp³-hybridized carbons (Fsp3) is 0.524. The van der Waals surface area contributed by atoms with Gasteiger partial charge in [0, 0.05) is 32.1 Å².